The molecule has 3 rings (SSSR count). The lowest BCUT2D eigenvalue weighted by Gasteiger charge is -2.19. The Bertz CT molecular complexity index is 583. The molecule has 2 saturated heterocycles. The van der Waals surface area contributed by atoms with Gasteiger partial charge in [-0.25, -0.2) is 0 Å². The Morgan fingerprint density at radius 3 is 2.76 bits per heavy atom. The monoisotopic (exact) mass is 316 g/mol. The first kappa shape index (κ1) is 14.1. The molecule has 1 aromatic rings. The molecule has 1 aromatic carbocycles. The molecule has 0 bridgehead atoms. The molecular formula is C13H11F3N2O2S. The van der Waals surface area contributed by atoms with Crippen molar-refractivity contribution >= 4 is 28.9 Å². The fourth-order valence-corrected chi connectivity index (χ4v) is 3.10. The lowest BCUT2D eigenvalue weighted by molar-refractivity contribution is -0.274. The molecule has 0 N–H and O–H groups in total. The summed E-state index contributed by atoms with van der Waals surface area (Å²) >= 11 is 5.26. The first-order valence-electron chi connectivity index (χ1n) is 6.37. The normalized spacial score (nSPS) is 22.0. The summed E-state index contributed by atoms with van der Waals surface area (Å²) in [5.74, 6) is -0.565. The van der Waals surface area contributed by atoms with Crippen LogP contribution in [0.2, 0.25) is 0 Å². The highest BCUT2D eigenvalue weighted by atomic mass is 32.1. The lowest BCUT2D eigenvalue weighted by Crippen LogP contribution is -2.32. The van der Waals surface area contributed by atoms with Gasteiger partial charge in [0.15, 0.2) is 5.11 Å². The summed E-state index contributed by atoms with van der Waals surface area (Å²) in [4.78, 5) is 15.4. The summed E-state index contributed by atoms with van der Waals surface area (Å²) in [7, 11) is 0. The molecule has 2 fully saturated rings. The number of carbonyl (C=O) groups is 1. The number of nitrogens with zero attached hydrogens (tertiary/aromatic N) is 2. The fourth-order valence-electron chi connectivity index (χ4n) is 2.68. The predicted octanol–water partition coefficient (Wildman–Crippen LogP) is 2.68. The minimum absolute atomic E-state index is 0.193. The van der Waals surface area contributed by atoms with Gasteiger partial charge in [0.25, 0.3) is 5.91 Å². The molecule has 2 aliphatic heterocycles. The van der Waals surface area contributed by atoms with E-state index in [-0.39, 0.29) is 17.7 Å². The van der Waals surface area contributed by atoms with Gasteiger partial charge in [-0.1, -0.05) is 6.07 Å². The molecule has 2 aliphatic rings. The van der Waals surface area contributed by atoms with Gasteiger partial charge in [0.05, 0.1) is 5.69 Å². The van der Waals surface area contributed by atoms with Crippen LogP contribution in [0.5, 0.6) is 5.75 Å². The molecule has 1 atom stereocenters. The minimum atomic E-state index is -4.77. The van der Waals surface area contributed by atoms with Crippen LogP contribution in [0.3, 0.4) is 0 Å². The zero-order valence-corrected chi connectivity index (χ0v) is 11.6. The zero-order valence-electron chi connectivity index (χ0n) is 10.8. The largest absolute Gasteiger partial charge is 0.573 e. The number of halogens is 3. The number of hydrogen-bond donors (Lipinski definition) is 0. The van der Waals surface area contributed by atoms with Crippen molar-refractivity contribution in [1.82, 2.24) is 4.90 Å². The molecule has 4 nitrogen and oxygen atoms in total. The smallest absolute Gasteiger partial charge is 0.406 e. The number of anilines is 1. The van der Waals surface area contributed by atoms with Crippen molar-refractivity contribution in [3.8, 4) is 5.75 Å². The van der Waals surface area contributed by atoms with Gasteiger partial charge in [0.1, 0.15) is 11.8 Å². The van der Waals surface area contributed by atoms with Gasteiger partial charge in [-0.2, -0.15) is 0 Å². The Kier molecular flexibility index (Phi) is 3.27. The van der Waals surface area contributed by atoms with Crippen LogP contribution >= 0.6 is 12.2 Å². The Labute approximate surface area is 124 Å². The summed E-state index contributed by atoms with van der Waals surface area (Å²) in [6.07, 6.45) is -3.16. The van der Waals surface area contributed by atoms with Crippen molar-refractivity contribution < 1.29 is 22.7 Å². The van der Waals surface area contributed by atoms with Gasteiger partial charge in [0.2, 0.25) is 0 Å². The van der Waals surface area contributed by atoms with E-state index < -0.39 is 6.36 Å². The Balaban J connectivity index is 1.89. The zero-order chi connectivity index (χ0) is 15.2. The molecule has 0 unspecified atom stereocenters. The summed E-state index contributed by atoms with van der Waals surface area (Å²) in [6, 6.07) is 5.00. The van der Waals surface area contributed by atoms with Gasteiger partial charge in [-0.15, -0.1) is 13.2 Å². The molecule has 8 heteroatoms. The second-order valence-corrected chi connectivity index (χ2v) is 5.22. The van der Waals surface area contributed by atoms with E-state index in [2.05, 4.69) is 4.74 Å². The quantitative estimate of drug-likeness (QED) is 0.786. The van der Waals surface area contributed by atoms with Crippen LogP contribution in [-0.2, 0) is 4.79 Å². The van der Waals surface area contributed by atoms with E-state index in [0.29, 0.717) is 23.8 Å². The highest BCUT2D eigenvalue weighted by molar-refractivity contribution is 7.80. The van der Waals surface area contributed by atoms with Gasteiger partial charge in [-0.05, 0) is 37.2 Å². The number of fused-ring (bicyclic) bond motifs is 1. The van der Waals surface area contributed by atoms with E-state index in [1.54, 1.807) is 0 Å². The average Bonchev–Trinajstić information content (AvgIpc) is 2.93. The second kappa shape index (κ2) is 4.87. The first-order chi connectivity index (χ1) is 9.87. The molecule has 0 spiro atoms. The third-order valence-corrected chi connectivity index (χ3v) is 3.92. The van der Waals surface area contributed by atoms with Crippen LogP contribution in [-0.4, -0.2) is 34.9 Å². The average molecular weight is 316 g/mol. The predicted molar refractivity (Wildman–Crippen MR) is 72.9 cm³/mol. The maximum absolute atomic E-state index is 12.3. The summed E-state index contributed by atoms with van der Waals surface area (Å²) in [5.41, 5.74) is 0.293. The van der Waals surface area contributed by atoms with E-state index in [9.17, 15) is 18.0 Å². The number of benzene rings is 1. The minimum Gasteiger partial charge on any atom is -0.406 e. The Hall–Kier alpha value is -1.83. The van der Waals surface area contributed by atoms with Crippen LogP contribution in [0.25, 0.3) is 0 Å². The van der Waals surface area contributed by atoms with E-state index >= 15 is 0 Å². The Morgan fingerprint density at radius 2 is 2.10 bits per heavy atom. The molecule has 0 radical (unpaired) electrons. The van der Waals surface area contributed by atoms with Gasteiger partial charge in [-0.3, -0.25) is 9.69 Å². The Morgan fingerprint density at radius 1 is 1.33 bits per heavy atom. The molecular weight excluding hydrogens is 305 g/mol. The number of hydrogen-bond acceptors (Lipinski definition) is 3. The van der Waals surface area contributed by atoms with Crippen LogP contribution in [0.4, 0.5) is 18.9 Å². The summed E-state index contributed by atoms with van der Waals surface area (Å²) in [6.45, 7) is 0.699. The first-order valence-corrected chi connectivity index (χ1v) is 6.78. The highest BCUT2D eigenvalue weighted by Gasteiger charge is 2.45. The maximum atomic E-state index is 12.3. The van der Waals surface area contributed by atoms with Crippen molar-refractivity contribution in [2.75, 3.05) is 11.4 Å². The molecule has 0 saturated carbocycles. The topological polar surface area (TPSA) is 32.8 Å². The molecule has 2 heterocycles. The van der Waals surface area contributed by atoms with Gasteiger partial charge in [0, 0.05) is 12.6 Å². The van der Waals surface area contributed by atoms with Gasteiger partial charge >= 0.3 is 6.36 Å². The molecule has 0 aromatic heterocycles. The van der Waals surface area contributed by atoms with E-state index in [4.69, 9.17) is 12.2 Å². The molecule has 0 aliphatic carbocycles. The third-order valence-electron chi connectivity index (χ3n) is 3.50. The SMILES string of the molecule is O=C1[C@H]2CCCN2C(=S)N1c1cccc(OC(F)(F)F)c1. The molecule has 21 heavy (non-hydrogen) atoms. The van der Waals surface area contributed by atoms with Crippen LogP contribution in [0, 0.1) is 0 Å². The van der Waals surface area contributed by atoms with Crippen molar-refractivity contribution in [3.05, 3.63) is 24.3 Å². The van der Waals surface area contributed by atoms with Crippen LogP contribution in [0.1, 0.15) is 12.8 Å². The fraction of sp³-hybridized carbons (Fsp3) is 0.385. The third kappa shape index (κ3) is 2.55. The number of amides is 1. The van der Waals surface area contributed by atoms with Gasteiger partial charge < -0.3 is 9.64 Å². The number of rotatable bonds is 2. The standard InChI is InChI=1S/C13H11F3N2O2S/c14-13(15,16)20-9-4-1-3-8(7-9)18-11(19)10-5-2-6-17(10)12(18)21/h1,3-4,7,10H,2,5-6H2/t10-/m1/s1. The number of thiocarbonyl (C=S) groups is 1. The highest BCUT2D eigenvalue weighted by Crippen LogP contribution is 2.33. The number of ether oxygens (including phenoxy) is 1. The van der Waals surface area contributed by atoms with Crippen LogP contribution < -0.4 is 9.64 Å². The second-order valence-electron chi connectivity index (χ2n) is 4.85. The maximum Gasteiger partial charge on any atom is 0.573 e. The van der Waals surface area contributed by atoms with Crippen molar-refractivity contribution in [2.45, 2.75) is 25.2 Å². The van der Waals surface area contributed by atoms with E-state index in [1.165, 1.54) is 29.2 Å². The molecule has 112 valence electrons. The van der Waals surface area contributed by atoms with Crippen molar-refractivity contribution in [1.29, 1.82) is 0 Å². The summed E-state index contributed by atoms with van der Waals surface area (Å²) < 4.78 is 40.6. The lowest BCUT2D eigenvalue weighted by atomic mass is 10.2. The number of alkyl halides is 3. The van der Waals surface area contributed by atoms with E-state index in [1.807, 2.05) is 4.90 Å². The van der Waals surface area contributed by atoms with Crippen molar-refractivity contribution in [2.24, 2.45) is 0 Å². The number of carbonyl (C=O) groups excluding carboxylic acids is 1. The summed E-state index contributed by atoms with van der Waals surface area (Å²) in [5, 5.41) is 0.339. The molecule has 1 amide bonds. The van der Waals surface area contributed by atoms with Crippen molar-refractivity contribution in [3.63, 3.8) is 0 Å². The van der Waals surface area contributed by atoms with E-state index in [0.717, 1.165) is 6.42 Å². The van der Waals surface area contributed by atoms with Crippen LogP contribution in [0.15, 0.2) is 24.3 Å².